The number of ether oxygens (including phenoxy) is 1. The maximum atomic E-state index is 14.0. The fourth-order valence-corrected chi connectivity index (χ4v) is 7.62. The lowest BCUT2D eigenvalue weighted by Gasteiger charge is -2.36. The monoisotopic (exact) mass is 693 g/mol. The first-order valence-electron chi connectivity index (χ1n) is 17.7. The van der Waals surface area contributed by atoms with Crippen molar-refractivity contribution in [2.45, 2.75) is 150 Å². The molecule has 272 valence electrons. The predicted octanol–water partition coefficient (Wildman–Crippen LogP) is 3.20. The maximum Gasteiger partial charge on any atom is 0.329 e. The fourth-order valence-electron chi connectivity index (χ4n) is 6.37. The first kappa shape index (κ1) is 39.8. The molecule has 0 aliphatic carbocycles. The molecule has 12 nitrogen and oxygen atoms in total. The van der Waals surface area contributed by atoms with Crippen LogP contribution in [0.2, 0.25) is 0 Å². The number of fused-ring (bicyclic) bond motifs is 2. The Morgan fingerprint density at radius 1 is 0.979 bits per heavy atom. The number of thioether (sulfide) groups is 1. The molecular formula is C35H59N5O7S. The van der Waals surface area contributed by atoms with Crippen molar-refractivity contribution in [1.29, 1.82) is 0 Å². The van der Waals surface area contributed by atoms with Crippen molar-refractivity contribution < 1.29 is 33.8 Å². The minimum absolute atomic E-state index is 0.0343. The van der Waals surface area contributed by atoms with Gasteiger partial charge in [-0.3, -0.25) is 24.2 Å². The van der Waals surface area contributed by atoms with Crippen molar-refractivity contribution in [3.8, 4) is 0 Å². The van der Waals surface area contributed by atoms with E-state index >= 15 is 0 Å². The summed E-state index contributed by atoms with van der Waals surface area (Å²) in [7, 11) is 0. The van der Waals surface area contributed by atoms with E-state index in [9.17, 15) is 29.1 Å². The molecule has 48 heavy (non-hydrogen) atoms. The summed E-state index contributed by atoms with van der Waals surface area (Å²) in [6.45, 7) is 17.3. The number of aliphatic hydroxyl groups is 1. The first-order chi connectivity index (χ1) is 22.4. The quantitative estimate of drug-likeness (QED) is 0.320. The molecule has 10 atom stereocenters. The van der Waals surface area contributed by atoms with E-state index in [4.69, 9.17) is 9.73 Å². The number of nitrogens with zero attached hydrogens (tertiary/aromatic N) is 2. The lowest BCUT2D eigenvalue weighted by Crippen LogP contribution is -2.58. The minimum Gasteiger partial charge on any atom is -0.460 e. The zero-order valence-corrected chi connectivity index (χ0v) is 31.2. The average Bonchev–Trinajstić information content (AvgIpc) is 3.70. The number of aliphatic hydroxyl groups excluding tert-OH is 1. The number of cyclic esters (lactones) is 1. The van der Waals surface area contributed by atoms with Crippen LogP contribution in [-0.2, 0) is 28.7 Å². The Kier molecular flexibility index (Phi) is 14.3. The van der Waals surface area contributed by atoms with Crippen molar-refractivity contribution in [1.82, 2.24) is 20.9 Å². The first-order valence-corrected chi connectivity index (χ1v) is 18.7. The number of carbonyl (C=O) groups is 5. The normalized spacial score (nSPS) is 34.9. The highest BCUT2D eigenvalue weighted by atomic mass is 32.2. The molecule has 3 aliphatic heterocycles. The van der Waals surface area contributed by atoms with Gasteiger partial charge in [0.15, 0.2) is 0 Å². The third-order valence-electron chi connectivity index (χ3n) is 10.00. The van der Waals surface area contributed by atoms with Crippen LogP contribution in [0.4, 0.5) is 0 Å². The van der Waals surface area contributed by atoms with E-state index in [1.807, 2.05) is 48.5 Å². The number of rotatable bonds is 2. The molecule has 3 heterocycles. The standard InChI is InChI=1S/C35H59N5O7S/c1-10-20(3)29-33(45)40-15-11-12-25(40)34(46)47-27(35(7,8)9)17-19(2)16-26(41)21(4)32-38-24(18-48-32)13-14-28(42)36-22(5)30(43)37-23(6)31(44)39-29/h19-27,29,41H,10-18H2,1-9H3,(H,36,42)(H,37,43)(H,39,44)/t19-,20-,21+,22-,23-,24-,25-,26-,27-,29-/m0/s1. The van der Waals surface area contributed by atoms with Crippen molar-refractivity contribution in [3.05, 3.63) is 0 Å². The van der Waals surface area contributed by atoms with Crippen molar-refractivity contribution >= 4 is 46.4 Å². The molecule has 0 spiro atoms. The van der Waals surface area contributed by atoms with Gasteiger partial charge in [-0.25, -0.2) is 4.79 Å². The predicted molar refractivity (Wildman–Crippen MR) is 187 cm³/mol. The van der Waals surface area contributed by atoms with Crippen LogP contribution in [0.1, 0.15) is 107 Å². The summed E-state index contributed by atoms with van der Waals surface area (Å²) < 4.78 is 6.19. The Labute approximate surface area is 290 Å². The van der Waals surface area contributed by atoms with E-state index < -0.39 is 54.2 Å². The summed E-state index contributed by atoms with van der Waals surface area (Å²) in [5.74, 6) is -1.81. The van der Waals surface area contributed by atoms with Crippen LogP contribution in [0, 0.1) is 23.2 Å². The Morgan fingerprint density at radius 2 is 1.62 bits per heavy atom. The lowest BCUT2D eigenvalue weighted by atomic mass is 9.81. The van der Waals surface area contributed by atoms with Gasteiger partial charge >= 0.3 is 5.97 Å². The lowest BCUT2D eigenvalue weighted by molar-refractivity contribution is -0.164. The van der Waals surface area contributed by atoms with Gasteiger partial charge in [-0.15, -0.1) is 11.8 Å². The number of hydrogen-bond donors (Lipinski definition) is 4. The van der Waals surface area contributed by atoms with E-state index in [2.05, 4.69) is 16.0 Å². The van der Waals surface area contributed by atoms with Gasteiger partial charge in [0.1, 0.15) is 30.3 Å². The average molecular weight is 694 g/mol. The molecule has 0 radical (unpaired) electrons. The van der Waals surface area contributed by atoms with Crippen molar-refractivity contribution in [2.24, 2.45) is 28.2 Å². The topological polar surface area (TPSA) is 166 Å². The van der Waals surface area contributed by atoms with Crippen molar-refractivity contribution in [2.75, 3.05) is 12.3 Å². The number of aliphatic imine (C=N–C) groups is 1. The van der Waals surface area contributed by atoms with Gasteiger partial charge in [-0.1, -0.05) is 54.9 Å². The second-order valence-corrected chi connectivity index (χ2v) is 16.3. The molecule has 1 saturated heterocycles. The van der Waals surface area contributed by atoms with E-state index in [0.29, 0.717) is 45.1 Å². The number of esters is 1. The molecule has 0 aromatic heterocycles. The van der Waals surface area contributed by atoms with Gasteiger partial charge < -0.3 is 30.7 Å². The molecule has 3 aliphatic rings. The van der Waals surface area contributed by atoms with E-state index in [1.165, 1.54) is 11.8 Å². The summed E-state index contributed by atoms with van der Waals surface area (Å²) in [6, 6.07) is -3.59. The second-order valence-electron chi connectivity index (χ2n) is 15.3. The zero-order valence-electron chi connectivity index (χ0n) is 30.3. The van der Waals surface area contributed by atoms with E-state index in [1.54, 1.807) is 18.7 Å². The number of nitrogens with one attached hydrogen (secondary N) is 3. The summed E-state index contributed by atoms with van der Waals surface area (Å²) in [5, 5.41) is 20.3. The molecule has 2 bridgehead atoms. The van der Waals surface area contributed by atoms with Crippen LogP contribution in [0.25, 0.3) is 0 Å². The van der Waals surface area contributed by atoms with Crippen LogP contribution in [0.15, 0.2) is 4.99 Å². The van der Waals surface area contributed by atoms with Gasteiger partial charge in [0.2, 0.25) is 23.6 Å². The summed E-state index contributed by atoms with van der Waals surface area (Å²) in [6.07, 6.45) is 2.35. The van der Waals surface area contributed by atoms with Crippen LogP contribution >= 0.6 is 11.8 Å². The van der Waals surface area contributed by atoms with Gasteiger partial charge in [0, 0.05) is 24.6 Å². The molecule has 13 heteroatoms. The zero-order chi connectivity index (χ0) is 35.9. The van der Waals surface area contributed by atoms with Gasteiger partial charge in [-0.2, -0.15) is 0 Å². The van der Waals surface area contributed by atoms with Crippen LogP contribution in [-0.4, -0.2) is 99.4 Å². The van der Waals surface area contributed by atoms with Crippen LogP contribution < -0.4 is 16.0 Å². The molecular weight excluding hydrogens is 634 g/mol. The molecule has 0 saturated carbocycles. The number of amides is 4. The van der Waals surface area contributed by atoms with E-state index in [-0.39, 0.29) is 47.4 Å². The molecule has 3 rings (SSSR count). The Balaban J connectivity index is 1.89. The van der Waals surface area contributed by atoms with Crippen LogP contribution in [0.3, 0.4) is 0 Å². The van der Waals surface area contributed by atoms with Gasteiger partial charge in [0.05, 0.1) is 17.2 Å². The largest absolute Gasteiger partial charge is 0.460 e. The Bertz CT molecular complexity index is 1210. The molecule has 0 unspecified atom stereocenters. The third kappa shape index (κ3) is 10.7. The molecule has 0 aromatic carbocycles. The molecule has 4 amide bonds. The molecule has 0 aromatic rings. The summed E-state index contributed by atoms with van der Waals surface area (Å²) in [5.41, 5.74) is -0.381. The highest BCUT2D eigenvalue weighted by molar-refractivity contribution is 8.14. The van der Waals surface area contributed by atoms with E-state index in [0.717, 1.165) is 10.8 Å². The van der Waals surface area contributed by atoms with Gasteiger partial charge in [-0.05, 0) is 63.2 Å². The Hall–Kier alpha value is -2.67. The number of carbonyl (C=O) groups excluding carboxylic acids is 5. The summed E-state index contributed by atoms with van der Waals surface area (Å²) >= 11 is 1.60. The highest BCUT2D eigenvalue weighted by Crippen LogP contribution is 2.34. The molecule has 1 fully saturated rings. The second kappa shape index (κ2) is 17.3. The SMILES string of the molecule is CC[C@H](C)[C@@H]1NC(=O)[C@H](C)NC(=O)[C@H](C)NC(=O)CC[C@H]2CSC(=N2)[C@H](C)[C@@H](O)C[C@H](C)C[C@@H](C(C)(C)C)OC(=O)[C@@H]2CCCN2C1=O. The minimum atomic E-state index is -0.972. The molecule has 4 N–H and O–H groups in total. The Morgan fingerprint density at radius 3 is 2.27 bits per heavy atom. The summed E-state index contributed by atoms with van der Waals surface area (Å²) in [4.78, 5) is 73.0. The van der Waals surface area contributed by atoms with Crippen LogP contribution in [0.5, 0.6) is 0 Å². The highest BCUT2D eigenvalue weighted by Gasteiger charge is 2.42. The fraction of sp³-hybridized carbons (Fsp3) is 0.829. The maximum absolute atomic E-state index is 14.0. The number of hydrogen-bond acceptors (Lipinski definition) is 9. The van der Waals surface area contributed by atoms with Crippen molar-refractivity contribution in [3.63, 3.8) is 0 Å². The van der Waals surface area contributed by atoms with Gasteiger partial charge in [0.25, 0.3) is 0 Å². The smallest absolute Gasteiger partial charge is 0.329 e. The third-order valence-corrected chi connectivity index (χ3v) is 11.3.